The van der Waals surface area contributed by atoms with E-state index in [9.17, 15) is 0 Å². The number of nitrogens with two attached hydrogens (primary N) is 1. The van der Waals surface area contributed by atoms with Crippen LogP contribution in [0.5, 0.6) is 5.75 Å². The smallest absolute Gasteiger partial charge is 0.122 e. The minimum absolute atomic E-state index is 0.0210. The lowest BCUT2D eigenvalue weighted by Gasteiger charge is -2.23. The number of rotatable bonds is 2. The second kappa shape index (κ2) is 4.42. The largest absolute Gasteiger partial charge is 0.496 e. The molecule has 84 valence electrons. The quantitative estimate of drug-likeness (QED) is 0.622. The van der Waals surface area contributed by atoms with Crippen molar-refractivity contribution in [2.75, 3.05) is 7.11 Å². The number of ether oxygens (including phenoxy) is 1. The van der Waals surface area contributed by atoms with Gasteiger partial charge in [-0.2, -0.15) is 0 Å². The van der Waals surface area contributed by atoms with E-state index in [0.29, 0.717) is 0 Å². The molecule has 0 fully saturated rings. The van der Waals surface area contributed by atoms with Crippen LogP contribution in [0.1, 0.15) is 37.4 Å². The molecule has 0 radical (unpaired) electrons. The third-order valence-electron chi connectivity index (χ3n) is 2.35. The summed E-state index contributed by atoms with van der Waals surface area (Å²) in [7, 11) is 1.67. The average Bonchev–Trinajstić information content (AvgIpc) is 2.15. The van der Waals surface area contributed by atoms with Gasteiger partial charge in [0.05, 0.1) is 7.11 Å². The van der Waals surface area contributed by atoms with E-state index in [1.165, 1.54) is 0 Å². The van der Waals surface area contributed by atoms with Crippen molar-refractivity contribution >= 4 is 11.6 Å². The topological polar surface area (TPSA) is 35.2 Å². The molecule has 0 aliphatic rings. The first kappa shape index (κ1) is 12.3. The maximum atomic E-state index is 5.86. The van der Waals surface area contributed by atoms with Crippen LogP contribution in [-0.4, -0.2) is 7.11 Å². The highest BCUT2D eigenvalue weighted by molar-refractivity contribution is 6.20. The van der Waals surface area contributed by atoms with Crippen LogP contribution in [0.2, 0.25) is 0 Å². The Morgan fingerprint density at radius 1 is 1.33 bits per heavy atom. The van der Waals surface area contributed by atoms with Crippen molar-refractivity contribution in [1.82, 2.24) is 0 Å². The Morgan fingerprint density at radius 2 is 1.93 bits per heavy atom. The molecule has 0 saturated heterocycles. The van der Waals surface area contributed by atoms with Gasteiger partial charge in [0.25, 0.3) is 0 Å². The highest BCUT2D eigenvalue weighted by Crippen LogP contribution is 2.33. The molecule has 1 atom stereocenters. The second-order valence-electron chi connectivity index (χ2n) is 4.61. The van der Waals surface area contributed by atoms with Gasteiger partial charge in [-0.3, -0.25) is 0 Å². The fourth-order valence-corrected chi connectivity index (χ4v) is 1.62. The van der Waals surface area contributed by atoms with E-state index in [-0.39, 0.29) is 5.41 Å². The first-order valence-corrected chi connectivity index (χ1v) is 5.38. The summed E-state index contributed by atoms with van der Waals surface area (Å²) in [5.74, 6) is 0.878. The highest BCUT2D eigenvalue weighted by atomic mass is 35.5. The third-order valence-corrected chi connectivity index (χ3v) is 2.60. The molecule has 1 unspecified atom stereocenters. The van der Waals surface area contributed by atoms with E-state index >= 15 is 0 Å². The van der Waals surface area contributed by atoms with Crippen molar-refractivity contribution in [1.29, 1.82) is 0 Å². The minimum atomic E-state index is -0.461. The summed E-state index contributed by atoms with van der Waals surface area (Å²) >= 11 is 5.86. The van der Waals surface area contributed by atoms with E-state index in [4.69, 9.17) is 22.1 Å². The molecule has 2 N–H and O–H groups in total. The number of methoxy groups -OCH3 is 1. The molecular formula is C12H18ClNO. The van der Waals surface area contributed by atoms with Crippen LogP contribution >= 0.6 is 11.6 Å². The van der Waals surface area contributed by atoms with Crippen LogP contribution in [0.3, 0.4) is 0 Å². The fourth-order valence-electron chi connectivity index (χ4n) is 1.48. The maximum absolute atomic E-state index is 5.86. The summed E-state index contributed by atoms with van der Waals surface area (Å²) in [4.78, 5) is 0. The zero-order valence-electron chi connectivity index (χ0n) is 9.67. The van der Waals surface area contributed by atoms with Crippen LogP contribution in [0.25, 0.3) is 0 Å². The van der Waals surface area contributed by atoms with Crippen LogP contribution in [0.15, 0.2) is 18.2 Å². The molecule has 0 bridgehead atoms. The molecule has 0 heterocycles. The molecule has 0 amide bonds. The van der Waals surface area contributed by atoms with E-state index < -0.39 is 5.50 Å². The van der Waals surface area contributed by atoms with Crippen LogP contribution in [0.4, 0.5) is 0 Å². The predicted molar refractivity (Wildman–Crippen MR) is 64.5 cm³/mol. The number of halogens is 1. The average molecular weight is 228 g/mol. The van der Waals surface area contributed by atoms with E-state index in [1.54, 1.807) is 7.11 Å². The van der Waals surface area contributed by atoms with Crippen molar-refractivity contribution < 1.29 is 4.74 Å². The summed E-state index contributed by atoms with van der Waals surface area (Å²) < 4.78 is 5.32. The maximum Gasteiger partial charge on any atom is 0.122 e. The zero-order chi connectivity index (χ0) is 11.6. The summed E-state index contributed by atoms with van der Waals surface area (Å²) in [6.45, 7) is 6.40. The summed E-state index contributed by atoms with van der Waals surface area (Å²) in [5, 5.41) is 0. The Hall–Kier alpha value is -0.730. The molecule has 0 aromatic heterocycles. The van der Waals surface area contributed by atoms with Crippen LogP contribution < -0.4 is 10.5 Å². The molecule has 0 spiro atoms. The lowest BCUT2D eigenvalue weighted by molar-refractivity contribution is 0.397. The lowest BCUT2D eigenvalue weighted by Crippen LogP contribution is -2.14. The van der Waals surface area contributed by atoms with Gasteiger partial charge in [-0.15, -0.1) is 11.6 Å². The molecule has 1 aromatic rings. The molecule has 0 aliphatic heterocycles. The number of hydrogen-bond acceptors (Lipinski definition) is 2. The second-order valence-corrected chi connectivity index (χ2v) is 5.08. The van der Waals surface area contributed by atoms with Gasteiger partial charge in [0, 0.05) is 0 Å². The van der Waals surface area contributed by atoms with Gasteiger partial charge >= 0.3 is 0 Å². The highest BCUT2D eigenvalue weighted by Gasteiger charge is 2.19. The SMILES string of the molecule is COc1ccc(C(N)Cl)cc1C(C)(C)C. The van der Waals surface area contributed by atoms with Crippen molar-refractivity contribution in [3.8, 4) is 5.75 Å². The third kappa shape index (κ3) is 2.86. The molecular weight excluding hydrogens is 210 g/mol. The van der Waals surface area contributed by atoms with E-state index in [2.05, 4.69) is 20.8 Å². The molecule has 1 aromatic carbocycles. The van der Waals surface area contributed by atoms with Crippen LogP contribution in [-0.2, 0) is 5.41 Å². The molecule has 0 saturated carbocycles. The summed E-state index contributed by atoms with van der Waals surface area (Å²) in [6.07, 6.45) is 0. The minimum Gasteiger partial charge on any atom is -0.496 e. The molecule has 2 nitrogen and oxygen atoms in total. The first-order valence-electron chi connectivity index (χ1n) is 4.94. The lowest BCUT2D eigenvalue weighted by atomic mass is 9.85. The Morgan fingerprint density at radius 3 is 2.33 bits per heavy atom. The van der Waals surface area contributed by atoms with Gasteiger partial charge in [0.2, 0.25) is 0 Å². The van der Waals surface area contributed by atoms with Gasteiger partial charge in [-0.1, -0.05) is 26.8 Å². The number of benzene rings is 1. The standard InChI is InChI=1S/C12H18ClNO/c1-12(2,3)9-7-8(11(13)14)5-6-10(9)15-4/h5-7,11H,14H2,1-4H3. The first-order chi connectivity index (χ1) is 6.86. The Bertz CT molecular complexity index is 342. The Labute approximate surface area is 96.4 Å². The normalized spacial score (nSPS) is 13.7. The van der Waals surface area contributed by atoms with Gasteiger partial charge in [-0.25, -0.2) is 0 Å². The molecule has 0 aliphatic carbocycles. The van der Waals surface area contributed by atoms with Crippen LogP contribution in [0, 0.1) is 0 Å². The van der Waals surface area contributed by atoms with Crippen molar-refractivity contribution in [3.05, 3.63) is 29.3 Å². The van der Waals surface area contributed by atoms with Gasteiger partial charge in [-0.05, 0) is 28.7 Å². The molecule has 15 heavy (non-hydrogen) atoms. The van der Waals surface area contributed by atoms with Gasteiger partial charge in [0.15, 0.2) is 0 Å². The Kier molecular flexibility index (Phi) is 3.63. The fraction of sp³-hybridized carbons (Fsp3) is 0.500. The summed E-state index contributed by atoms with van der Waals surface area (Å²) in [6, 6.07) is 5.82. The van der Waals surface area contributed by atoms with Crippen molar-refractivity contribution in [2.45, 2.75) is 31.7 Å². The predicted octanol–water partition coefficient (Wildman–Crippen LogP) is 3.19. The monoisotopic (exact) mass is 227 g/mol. The van der Waals surface area contributed by atoms with Crippen molar-refractivity contribution in [2.24, 2.45) is 5.73 Å². The molecule has 1 rings (SSSR count). The van der Waals surface area contributed by atoms with E-state index in [1.807, 2.05) is 18.2 Å². The Balaban J connectivity index is 3.26. The molecule has 3 heteroatoms. The van der Waals surface area contributed by atoms with Crippen molar-refractivity contribution in [3.63, 3.8) is 0 Å². The van der Waals surface area contributed by atoms with E-state index in [0.717, 1.165) is 16.9 Å². The van der Waals surface area contributed by atoms with Gasteiger partial charge in [0.1, 0.15) is 11.3 Å². The number of alkyl halides is 1. The number of hydrogen-bond donors (Lipinski definition) is 1. The van der Waals surface area contributed by atoms with Gasteiger partial charge < -0.3 is 10.5 Å². The summed E-state index contributed by atoms with van der Waals surface area (Å²) in [5.41, 5.74) is 7.24. The zero-order valence-corrected chi connectivity index (χ0v) is 10.4.